The minimum absolute atomic E-state index is 0.0201. The number of rotatable bonds is 6. The first-order valence-corrected chi connectivity index (χ1v) is 8.77. The molecular formula is C21H24N2O2. The van der Waals surface area contributed by atoms with E-state index in [0.717, 1.165) is 17.5 Å². The summed E-state index contributed by atoms with van der Waals surface area (Å²) in [6.07, 6.45) is 1.60. The number of aryl methyl sites for hydroxylation is 1. The molecule has 2 aromatic carbocycles. The third-order valence-corrected chi connectivity index (χ3v) is 4.54. The van der Waals surface area contributed by atoms with Crippen LogP contribution in [0.3, 0.4) is 0 Å². The highest BCUT2D eigenvalue weighted by molar-refractivity contribution is 5.83. The van der Waals surface area contributed by atoms with Crippen LogP contribution in [0.1, 0.15) is 23.1 Å². The molecule has 0 spiro atoms. The van der Waals surface area contributed by atoms with Crippen molar-refractivity contribution in [3.63, 3.8) is 0 Å². The maximum atomic E-state index is 12.2. The normalized spacial score (nSPS) is 16.9. The van der Waals surface area contributed by atoms with E-state index in [1.807, 2.05) is 54.3 Å². The quantitative estimate of drug-likeness (QED) is 0.881. The van der Waals surface area contributed by atoms with E-state index in [-0.39, 0.29) is 17.9 Å². The summed E-state index contributed by atoms with van der Waals surface area (Å²) in [4.78, 5) is 26.2. The average molecular weight is 336 g/mol. The lowest BCUT2D eigenvalue weighted by atomic mass is 10.1. The Labute approximate surface area is 148 Å². The van der Waals surface area contributed by atoms with E-state index in [4.69, 9.17) is 0 Å². The van der Waals surface area contributed by atoms with Crippen LogP contribution in [-0.4, -0.2) is 35.8 Å². The fourth-order valence-corrected chi connectivity index (χ4v) is 3.28. The summed E-state index contributed by atoms with van der Waals surface area (Å²) in [6, 6.07) is 18.0. The van der Waals surface area contributed by atoms with Gasteiger partial charge in [-0.15, -0.1) is 0 Å². The molecule has 1 atom stereocenters. The third-order valence-electron chi connectivity index (χ3n) is 4.54. The van der Waals surface area contributed by atoms with Crippen LogP contribution >= 0.6 is 0 Å². The van der Waals surface area contributed by atoms with Gasteiger partial charge in [0.15, 0.2) is 0 Å². The number of benzene rings is 2. The molecule has 0 aliphatic carbocycles. The molecule has 1 fully saturated rings. The van der Waals surface area contributed by atoms with Crippen molar-refractivity contribution in [2.45, 2.75) is 32.2 Å². The average Bonchev–Trinajstić information content (AvgIpc) is 2.93. The number of likely N-dealkylation sites (tertiary alicyclic amines) is 1. The molecule has 0 aromatic heterocycles. The van der Waals surface area contributed by atoms with Gasteiger partial charge in [0, 0.05) is 19.5 Å². The number of carbonyl (C=O) groups excluding carboxylic acids is 2. The maximum absolute atomic E-state index is 12.2. The number of nitrogens with one attached hydrogen (secondary N) is 1. The van der Waals surface area contributed by atoms with Gasteiger partial charge in [-0.1, -0.05) is 60.2 Å². The van der Waals surface area contributed by atoms with E-state index in [1.165, 1.54) is 5.56 Å². The molecule has 1 saturated heterocycles. The molecule has 130 valence electrons. The Kier molecular flexibility index (Phi) is 5.49. The van der Waals surface area contributed by atoms with Gasteiger partial charge in [-0.05, 0) is 24.5 Å². The Morgan fingerprint density at radius 1 is 1.12 bits per heavy atom. The van der Waals surface area contributed by atoms with Crippen LogP contribution in [0.4, 0.5) is 0 Å². The van der Waals surface area contributed by atoms with Gasteiger partial charge in [0.1, 0.15) is 0 Å². The first-order valence-electron chi connectivity index (χ1n) is 8.77. The first-order chi connectivity index (χ1) is 12.1. The lowest BCUT2D eigenvalue weighted by Gasteiger charge is -2.17. The zero-order valence-electron chi connectivity index (χ0n) is 14.6. The van der Waals surface area contributed by atoms with Crippen LogP contribution in [0.15, 0.2) is 54.6 Å². The van der Waals surface area contributed by atoms with Crippen molar-refractivity contribution in [1.82, 2.24) is 10.2 Å². The molecule has 4 heteroatoms. The molecule has 4 nitrogen and oxygen atoms in total. The van der Waals surface area contributed by atoms with Crippen molar-refractivity contribution in [3.05, 3.63) is 71.3 Å². The zero-order chi connectivity index (χ0) is 17.6. The molecular weight excluding hydrogens is 312 g/mol. The van der Waals surface area contributed by atoms with Crippen molar-refractivity contribution in [2.24, 2.45) is 0 Å². The predicted molar refractivity (Wildman–Crippen MR) is 98.2 cm³/mol. The summed E-state index contributed by atoms with van der Waals surface area (Å²) >= 11 is 0. The van der Waals surface area contributed by atoms with Crippen LogP contribution in [0.2, 0.25) is 0 Å². The summed E-state index contributed by atoms with van der Waals surface area (Å²) in [5.74, 6) is 0.102. The second kappa shape index (κ2) is 7.97. The van der Waals surface area contributed by atoms with E-state index in [0.29, 0.717) is 25.9 Å². The van der Waals surface area contributed by atoms with Crippen molar-refractivity contribution in [3.8, 4) is 0 Å². The van der Waals surface area contributed by atoms with Gasteiger partial charge in [0.05, 0.1) is 12.5 Å². The van der Waals surface area contributed by atoms with Crippen LogP contribution in [0.25, 0.3) is 0 Å². The minimum Gasteiger partial charge on any atom is -0.351 e. The van der Waals surface area contributed by atoms with Crippen molar-refractivity contribution < 1.29 is 9.59 Å². The number of hydrogen-bond acceptors (Lipinski definition) is 2. The molecule has 1 heterocycles. The molecule has 2 aromatic rings. The lowest BCUT2D eigenvalue weighted by molar-refractivity contribution is -0.127. The fourth-order valence-electron chi connectivity index (χ4n) is 3.28. The lowest BCUT2D eigenvalue weighted by Crippen LogP contribution is -2.38. The summed E-state index contributed by atoms with van der Waals surface area (Å²) in [7, 11) is 0. The maximum Gasteiger partial charge on any atom is 0.224 e. The van der Waals surface area contributed by atoms with Gasteiger partial charge in [-0.3, -0.25) is 9.59 Å². The SMILES string of the molecule is Cc1cccc(CC(=O)N[C@@H]2CC(=O)N(CCc3ccccc3)C2)c1. The molecule has 1 aliphatic heterocycles. The smallest absolute Gasteiger partial charge is 0.224 e. The summed E-state index contributed by atoms with van der Waals surface area (Å²) in [5.41, 5.74) is 3.37. The molecule has 3 rings (SSSR count). The number of carbonyl (C=O) groups is 2. The van der Waals surface area contributed by atoms with Crippen molar-refractivity contribution in [2.75, 3.05) is 13.1 Å². The Hall–Kier alpha value is -2.62. The van der Waals surface area contributed by atoms with Crippen LogP contribution in [0, 0.1) is 6.92 Å². The van der Waals surface area contributed by atoms with Crippen molar-refractivity contribution in [1.29, 1.82) is 0 Å². The minimum atomic E-state index is -0.0828. The highest BCUT2D eigenvalue weighted by atomic mass is 16.2. The number of amides is 2. The molecule has 1 aliphatic rings. The van der Waals surface area contributed by atoms with E-state index in [9.17, 15) is 9.59 Å². The van der Waals surface area contributed by atoms with E-state index < -0.39 is 0 Å². The van der Waals surface area contributed by atoms with E-state index in [1.54, 1.807) is 0 Å². The molecule has 0 unspecified atom stereocenters. The van der Waals surface area contributed by atoms with Gasteiger partial charge >= 0.3 is 0 Å². The molecule has 1 N–H and O–H groups in total. The number of nitrogens with zero attached hydrogens (tertiary/aromatic N) is 1. The summed E-state index contributed by atoms with van der Waals surface area (Å²) in [6.45, 7) is 3.32. The van der Waals surface area contributed by atoms with Crippen molar-refractivity contribution >= 4 is 11.8 Å². The van der Waals surface area contributed by atoms with Crippen LogP contribution in [-0.2, 0) is 22.4 Å². The second-order valence-corrected chi connectivity index (χ2v) is 6.71. The Balaban J connectivity index is 1.48. The highest BCUT2D eigenvalue weighted by Crippen LogP contribution is 2.13. The fraction of sp³-hybridized carbons (Fsp3) is 0.333. The first kappa shape index (κ1) is 17.2. The largest absolute Gasteiger partial charge is 0.351 e. The summed E-state index contributed by atoms with van der Waals surface area (Å²) in [5, 5.41) is 3.00. The highest BCUT2D eigenvalue weighted by Gasteiger charge is 2.30. The van der Waals surface area contributed by atoms with Gasteiger partial charge in [-0.25, -0.2) is 0 Å². The zero-order valence-corrected chi connectivity index (χ0v) is 14.6. The van der Waals surface area contributed by atoms with E-state index >= 15 is 0 Å². The Bertz CT molecular complexity index is 743. The molecule has 2 amide bonds. The topological polar surface area (TPSA) is 49.4 Å². The van der Waals surface area contributed by atoms with Gasteiger partial charge in [0.2, 0.25) is 11.8 Å². The van der Waals surface area contributed by atoms with Gasteiger partial charge in [0.25, 0.3) is 0 Å². The third kappa shape index (κ3) is 4.92. The Morgan fingerprint density at radius 2 is 1.88 bits per heavy atom. The van der Waals surface area contributed by atoms with Gasteiger partial charge in [-0.2, -0.15) is 0 Å². The monoisotopic (exact) mass is 336 g/mol. The second-order valence-electron chi connectivity index (χ2n) is 6.71. The van der Waals surface area contributed by atoms with Crippen LogP contribution < -0.4 is 5.32 Å². The van der Waals surface area contributed by atoms with Crippen LogP contribution in [0.5, 0.6) is 0 Å². The number of hydrogen-bond donors (Lipinski definition) is 1. The predicted octanol–water partition coefficient (Wildman–Crippen LogP) is 2.50. The molecule has 0 saturated carbocycles. The molecule has 0 radical (unpaired) electrons. The van der Waals surface area contributed by atoms with E-state index in [2.05, 4.69) is 17.4 Å². The summed E-state index contributed by atoms with van der Waals surface area (Å²) < 4.78 is 0. The van der Waals surface area contributed by atoms with Gasteiger partial charge < -0.3 is 10.2 Å². The Morgan fingerprint density at radius 3 is 2.64 bits per heavy atom. The standard InChI is InChI=1S/C21H24N2O2/c1-16-6-5-9-18(12-16)13-20(24)22-19-14-21(25)23(15-19)11-10-17-7-3-2-4-8-17/h2-9,12,19H,10-11,13-15H2,1H3,(H,22,24)/t19-/m1/s1. The molecule has 25 heavy (non-hydrogen) atoms. The molecule has 0 bridgehead atoms.